The van der Waals surface area contributed by atoms with Crippen LogP contribution in [0.15, 0.2) is 54.6 Å². The lowest BCUT2D eigenvalue weighted by molar-refractivity contribution is -0.136. The smallest absolute Gasteiger partial charge is 0.313 e. The summed E-state index contributed by atoms with van der Waals surface area (Å²) < 4.78 is 5.98. The Morgan fingerprint density at radius 1 is 0.966 bits per heavy atom. The van der Waals surface area contributed by atoms with E-state index < -0.39 is 23.3 Å². The van der Waals surface area contributed by atoms with Gasteiger partial charge in [-0.3, -0.25) is 9.59 Å². The molecule has 0 amide bonds. The van der Waals surface area contributed by atoms with Crippen LogP contribution in [-0.4, -0.2) is 50.0 Å². The van der Waals surface area contributed by atoms with E-state index in [2.05, 4.69) is 0 Å². The predicted molar refractivity (Wildman–Crippen MR) is 116 cm³/mol. The molecule has 2 aromatic rings. The summed E-state index contributed by atoms with van der Waals surface area (Å²) in [6.07, 6.45) is -0.0527. The zero-order chi connectivity index (χ0) is 21.1. The van der Waals surface area contributed by atoms with Crippen molar-refractivity contribution >= 4 is 35.5 Å². The normalized spacial score (nSPS) is 12.9. The molecule has 2 atom stereocenters. The van der Waals surface area contributed by atoms with Gasteiger partial charge in [0.2, 0.25) is 0 Å². The molecule has 2 rings (SSSR count). The topological polar surface area (TPSA) is 104 Å². The first-order valence-corrected chi connectivity index (χ1v) is 11.2. The SMILES string of the molecule is O=C(O)CCSC(O)C(CSCC(=O)O)c1ccccc1OCc1ccccc1. The van der Waals surface area contributed by atoms with Crippen molar-refractivity contribution in [1.82, 2.24) is 0 Å². The Labute approximate surface area is 178 Å². The Kier molecular flexibility index (Phi) is 9.90. The molecule has 0 aliphatic heterocycles. The average molecular weight is 437 g/mol. The van der Waals surface area contributed by atoms with Crippen LogP contribution < -0.4 is 4.74 Å². The highest BCUT2D eigenvalue weighted by Crippen LogP contribution is 2.36. The maximum atomic E-state index is 10.9. The average Bonchev–Trinajstić information content (AvgIpc) is 2.70. The van der Waals surface area contributed by atoms with Crippen molar-refractivity contribution in [3.63, 3.8) is 0 Å². The number of aliphatic hydroxyl groups excluding tert-OH is 1. The molecule has 0 saturated carbocycles. The molecule has 0 radical (unpaired) electrons. The van der Waals surface area contributed by atoms with E-state index in [-0.39, 0.29) is 17.9 Å². The van der Waals surface area contributed by atoms with Gasteiger partial charge in [0.15, 0.2) is 0 Å². The second-order valence-electron chi connectivity index (χ2n) is 6.23. The summed E-state index contributed by atoms with van der Waals surface area (Å²) in [5.74, 6) is -1.05. The number of para-hydroxylation sites is 1. The Morgan fingerprint density at radius 3 is 2.34 bits per heavy atom. The maximum absolute atomic E-state index is 10.9. The second-order valence-corrected chi connectivity index (χ2v) is 8.49. The number of benzene rings is 2. The molecule has 0 saturated heterocycles. The molecule has 0 heterocycles. The summed E-state index contributed by atoms with van der Waals surface area (Å²) in [7, 11) is 0. The van der Waals surface area contributed by atoms with Crippen molar-refractivity contribution in [2.75, 3.05) is 17.3 Å². The third kappa shape index (κ3) is 8.39. The fourth-order valence-electron chi connectivity index (χ4n) is 2.64. The summed E-state index contributed by atoms with van der Waals surface area (Å²) in [6.45, 7) is 0.370. The summed E-state index contributed by atoms with van der Waals surface area (Å²) in [4.78, 5) is 21.6. The maximum Gasteiger partial charge on any atom is 0.313 e. The van der Waals surface area contributed by atoms with E-state index in [9.17, 15) is 14.7 Å². The van der Waals surface area contributed by atoms with Crippen molar-refractivity contribution < 1.29 is 29.6 Å². The highest BCUT2D eigenvalue weighted by atomic mass is 32.2. The van der Waals surface area contributed by atoms with Crippen LogP contribution in [0.25, 0.3) is 0 Å². The number of thioether (sulfide) groups is 2. The molecule has 3 N–H and O–H groups in total. The molecule has 0 fully saturated rings. The van der Waals surface area contributed by atoms with Crippen molar-refractivity contribution in [3.05, 3.63) is 65.7 Å². The van der Waals surface area contributed by atoms with E-state index in [1.54, 1.807) is 0 Å². The second kappa shape index (κ2) is 12.4. The van der Waals surface area contributed by atoms with Gasteiger partial charge in [0.05, 0.1) is 12.2 Å². The van der Waals surface area contributed by atoms with E-state index in [0.29, 0.717) is 18.1 Å². The largest absolute Gasteiger partial charge is 0.489 e. The van der Waals surface area contributed by atoms with Gasteiger partial charge in [-0.2, -0.15) is 0 Å². The third-order valence-electron chi connectivity index (χ3n) is 4.03. The molecule has 8 heteroatoms. The molecule has 6 nitrogen and oxygen atoms in total. The first-order chi connectivity index (χ1) is 14.0. The van der Waals surface area contributed by atoms with E-state index in [1.807, 2.05) is 54.6 Å². The van der Waals surface area contributed by atoms with Gasteiger partial charge in [0, 0.05) is 23.0 Å². The van der Waals surface area contributed by atoms with Gasteiger partial charge in [0.1, 0.15) is 17.8 Å². The lowest BCUT2D eigenvalue weighted by atomic mass is 10.0. The summed E-state index contributed by atoms with van der Waals surface area (Å²) >= 11 is 2.36. The van der Waals surface area contributed by atoms with Crippen LogP contribution in [0.1, 0.15) is 23.5 Å². The Balaban J connectivity index is 2.14. The number of hydrogen-bond acceptors (Lipinski definition) is 6. The Hall–Kier alpha value is -2.16. The van der Waals surface area contributed by atoms with Gasteiger partial charge in [-0.1, -0.05) is 48.5 Å². The van der Waals surface area contributed by atoms with Crippen LogP contribution in [0.3, 0.4) is 0 Å². The van der Waals surface area contributed by atoms with E-state index in [4.69, 9.17) is 14.9 Å². The molecular formula is C21H24O6S2. The lowest BCUT2D eigenvalue weighted by Crippen LogP contribution is -2.20. The Bertz CT molecular complexity index is 784. The molecule has 2 unspecified atom stereocenters. The summed E-state index contributed by atoms with van der Waals surface area (Å²) in [6, 6.07) is 17.1. The van der Waals surface area contributed by atoms with Crippen LogP contribution in [0.4, 0.5) is 0 Å². The predicted octanol–water partition coefficient (Wildman–Crippen LogP) is 3.69. The molecule has 2 aromatic carbocycles. The van der Waals surface area contributed by atoms with Gasteiger partial charge in [0.25, 0.3) is 0 Å². The molecular weight excluding hydrogens is 412 g/mol. The number of ether oxygens (including phenoxy) is 1. The molecule has 0 aliphatic rings. The van der Waals surface area contributed by atoms with Crippen molar-refractivity contribution in [2.45, 2.75) is 24.4 Å². The molecule has 0 aromatic heterocycles. The van der Waals surface area contributed by atoms with Crippen molar-refractivity contribution in [2.24, 2.45) is 0 Å². The van der Waals surface area contributed by atoms with E-state index in [1.165, 1.54) is 11.8 Å². The molecule has 0 spiro atoms. The van der Waals surface area contributed by atoms with Gasteiger partial charge in [-0.25, -0.2) is 0 Å². The quantitative estimate of drug-likeness (QED) is 0.409. The molecule has 0 bridgehead atoms. The van der Waals surface area contributed by atoms with E-state index in [0.717, 1.165) is 22.9 Å². The minimum absolute atomic E-state index is 0.0527. The van der Waals surface area contributed by atoms with Crippen LogP contribution in [0.5, 0.6) is 5.75 Å². The number of rotatable bonds is 13. The highest BCUT2D eigenvalue weighted by molar-refractivity contribution is 8.00. The fourth-order valence-corrected chi connectivity index (χ4v) is 4.67. The number of hydrogen-bond donors (Lipinski definition) is 3. The minimum atomic E-state index is -0.923. The zero-order valence-corrected chi connectivity index (χ0v) is 17.4. The fraction of sp³-hybridized carbons (Fsp3) is 0.333. The van der Waals surface area contributed by atoms with Crippen LogP contribution >= 0.6 is 23.5 Å². The molecule has 29 heavy (non-hydrogen) atoms. The Morgan fingerprint density at radius 2 is 1.66 bits per heavy atom. The van der Waals surface area contributed by atoms with Crippen molar-refractivity contribution in [1.29, 1.82) is 0 Å². The highest BCUT2D eigenvalue weighted by Gasteiger charge is 2.25. The van der Waals surface area contributed by atoms with Gasteiger partial charge < -0.3 is 20.1 Å². The van der Waals surface area contributed by atoms with Crippen LogP contribution in [0.2, 0.25) is 0 Å². The van der Waals surface area contributed by atoms with E-state index >= 15 is 0 Å². The summed E-state index contributed by atoms with van der Waals surface area (Å²) in [5.41, 5.74) is 0.907. The summed E-state index contributed by atoms with van der Waals surface area (Å²) in [5, 5.41) is 28.5. The van der Waals surface area contributed by atoms with Crippen LogP contribution in [-0.2, 0) is 16.2 Å². The monoisotopic (exact) mass is 436 g/mol. The number of carbonyl (C=O) groups is 2. The van der Waals surface area contributed by atoms with Gasteiger partial charge >= 0.3 is 11.9 Å². The van der Waals surface area contributed by atoms with Crippen molar-refractivity contribution in [3.8, 4) is 5.75 Å². The number of carboxylic acids is 2. The number of aliphatic carboxylic acids is 2. The molecule has 0 aliphatic carbocycles. The lowest BCUT2D eigenvalue weighted by Gasteiger charge is -2.24. The number of carboxylic acid groups (broad SMARTS) is 2. The third-order valence-corrected chi connectivity index (χ3v) is 6.18. The number of aliphatic hydroxyl groups is 1. The van der Waals surface area contributed by atoms with Crippen LogP contribution in [0, 0.1) is 0 Å². The minimum Gasteiger partial charge on any atom is -0.489 e. The molecule has 156 valence electrons. The zero-order valence-electron chi connectivity index (χ0n) is 15.8. The first-order valence-electron chi connectivity index (χ1n) is 9.04. The van der Waals surface area contributed by atoms with Gasteiger partial charge in [-0.05, 0) is 11.6 Å². The van der Waals surface area contributed by atoms with Gasteiger partial charge in [-0.15, -0.1) is 23.5 Å². The standard InChI is InChI=1S/C21H24O6S2/c22-19(23)10-11-29-21(26)17(13-28-14-20(24)25)16-8-4-5-9-18(16)27-12-15-6-2-1-3-7-15/h1-9,17,21,26H,10-14H2,(H,22,23)(H,24,25). The first kappa shape index (κ1) is 23.1.